The molecule has 4 atom stereocenters. The van der Waals surface area contributed by atoms with Gasteiger partial charge < -0.3 is 4.74 Å². The highest BCUT2D eigenvalue weighted by atomic mass is 19.1. The van der Waals surface area contributed by atoms with E-state index in [-0.39, 0.29) is 6.10 Å². The summed E-state index contributed by atoms with van der Waals surface area (Å²) in [6.07, 6.45) is 0.761. The Kier molecular flexibility index (Phi) is 2.88. The molecular weight excluding hydrogens is 143 g/mol. The van der Waals surface area contributed by atoms with Gasteiger partial charge in [-0.3, -0.25) is 0 Å². The van der Waals surface area contributed by atoms with Crippen LogP contribution >= 0.6 is 0 Å². The second kappa shape index (κ2) is 3.53. The van der Waals surface area contributed by atoms with Gasteiger partial charge in [0.25, 0.3) is 0 Å². The van der Waals surface area contributed by atoms with E-state index in [1.165, 1.54) is 0 Å². The number of methoxy groups -OCH3 is 1. The quantitative estimate of drug-likeness (QED) is 0.572. The maximum absolute atomic E-state index is 13.1. The first-order valence-corrected chi connectivity index (χ1v) is 4.33. The number of alkyl halides is 1. The monoisotopic (exact) mass is 160 g/mol. The van der Waals surface area contributed by atoms with Gasteiger partial charge in [0.1, 0.15) is 6.17 Å². The van der Waals surface area contributed by atoms with Crippen LogP contribution < -0.4 is 0 Å². The molecule has 0 bridgehead atoms. The van der Waals surface area contributed by atoms with Crippen LogP contribution in [0.1, 0.15) is 26.7 Å². The molecule has 1 fully saturated rings. The lowest BCUT2D eigenvalue weighted by atomic mass is 9.78. The van der Waals surface area contributed by atoms with E-state index in [1.807, 2.05) is 0 Å². The Hall–Kier alpha value is -0.110. The second-order valence-corrected chi connectivity index (χ2v) is 3.63. The Labute approximate surface area is 67.9 Å². The van der Waals surface area contributed by atoms with Crippen molar-refractivity contribution in [1.29, 1.82) is 0 Å². The van der Waals surface area contributed by atoms with Crippen molar-refractivity contribution in [2.24, 2.45) is 11.8 Å². The predicted molar refractivity (Wildman–Crippen MR) is 43.3 cm³/mol. The molecule has 0 unspecified atom stereocenters. The van der Waals surface area contributed by atoms with Gasteiger partial charge in [-0.15, -0.1) is 0 Å². The number of halogens is 1. The van der Waals surface area contributed by atoms with Crippen LogP contribution in [0.4, 0.5) is 4.39 Å². The molecule has 0 aromatic heterocycles. The lowest BCUT2D eigenvalue weighted by Gasteiger charge is -2.35. The van der Waals surface area contributed by atoms with Gasteiger partial charge in [0, 0.05) is 7.11 Å². The maximum Gasteiger partial charge on any atom is 0.126 e. The van der Waals surface area contributed by atoms with Gasteiger partial charge in [0.15, 0.2) is 0 Å². The highest BCUT2D eigenvalue weighted by molar-refractivity contribution is 4.84. The summed E-state index contributed by atoms with van der Waals surface area (Å²) in [5.74, 6) is 0.968. The van der Waals surface area contributed by atoms with Crippen LogP contribution in [0.2, 0.25) is 0 Å². The summed E-state index contributed by atoms with van der Waals surface area (Å²) < 4.78 is 18.3. The number of ether oxygens (including phenoxy) is 1. The summed E-state index contributed by atoms with van der Waals surface area (Å²) in [5.41, 5.74) is 0. The summed E-state index contributed by atoms with van der Waals surface area (Å²) in [6.45, 7) is 4.24. The van der Waals surface area contributed by atoms with Crippen LogP contribution in [0.3, 0.4) is 0 Å². The highest BCUT2D eigenvalue weighted by Gasteiger charge is 2.34. The van der Waals surface area contributed by atoms with Crippen molar-refractivity contribution >= 4 is 0 Å². The van der Waals surface area contributed by atoms with Crippen LogP contribution in [-0.4, -0.2) is 19.4 Å². The summed E-state index contributed by atoms with van der Waals surface area (Å²) in [5, 5.41) is 0. The molecule has 1 nitrogen and oxygen atoms in total. The zero-order valence-corrected chi connectivity index (χ0v) is 7.51. The Balaban J connectivity index is 2.55. The largest absolute Gasteiger partial charge is 0.378 e. The maximum atomic E-state index is 13.1. The van der Waals surface area contributed by atoms with E-state index in [9.17, 15) is 4.39 Å². The SMILES string of the molecule is CO[C@@H]1[C@H](C)[C@H](C)CC[C@H]1F. The van der Waals surface area contributed by atoms with Crippen molar-refractivity contribution in [3.63, 3.8) is 0 Å². The molecule has 1 aliphatic carbocycles. The second-order valence-electron chi connectivity index (χ2n) is 3.63. The minimum atomic E-state index is -0.744. The molecule has 0 heterocycles. The van der Waals surface area contributed by atoms with E-state index < -0.39 is 6.17 Å². The van der Waals surface area contributed by atoms with Gasteiger partial charge in [-0.05, 0) is 24.7 Å². The van der Waals surface area contributed by atoms with Gasteiger partial charge in [0.2, 0.25) is 0 Å². The van der Waals surface area contributed by atoms with E-state index >= 15 is 0 Å². The summed E-state index contributed by atoms with van der Waals surface area (Å²) in [4.78, 5) is 0. The molecule has 11 heavy (non-hydrogen) atoms. The standard InChI is InChI=1S/C9H17FO/c1-6-4-5-8(10)9(11-3)7(6)2/h6-9H,4-5H2,1-3H3/t6-,7-,8-,9-/m1/s1. The molecule has 0 aliphatic heterocycles. The van der Waals surface area contributed by atoms with Crippen molar-refractivity contribution < 1.29 is 9.13 Å². The fourth-order valence-corrected chi connectivity index (χ4v) is 1.86. The summed E-state index contributed by atoms with van der Waals surface area (Å²) >= 11 is 0. The first-order valence-electron chi connectivity index (χ1n) is 4.33. The number of hydrogen-bond donors (Lipinski definition) is 0. The van der Waals surface area contributed by atoms with Crippen LogP contribution in [0.5, 0.6) is 0 Å². The molecule has 0 aromatic rings. The van der Waals surface area contributed by atoms with Gasteiger partial charge in [-0.25, -0.2) is 4.39 Å². The summed E-state index contributed by atoms with van der Waals surface area (Å²) in [7, 11) is 1.60. The fraction of sp³-hybridized carbons (Fsp3) is 1.00. The van der Waals surface area contributed by atoms with Crippen molar-refractivity contribution in [3.05, 3.63) is 0 Å². The molecule has 0 saturated heterocycles. The smallest absolute Gasteiger partial charge is 0.126 e. The Bertz CT molecular complexity index is 127. The first-order chi connectivity index (χ1) is 5.16. The van der Waals surface area contributed by atoms with E-state index in [0.717, 1.165) is 6.42 Å². The molecular formula is C9H17FO. The first kappa shape index (κ1) is 8.98. The minimum Gasteiger partial charge on any atom is -0.378 e. The van der Waals surface area contributed by atoms with Crippen LogP contribution in [0, 0.1) is 11.8 Å². The van der Waals surface area contributed by atoms with Gasteiger partial charge in [0.05, 0.1) is 6.10 Å². The van der Waals surface area contributed by atoms with E-state index in [0.29, 0.717) is 18.3 Å². The molecule has 1 rings (SSSR count). The van der Waals surface area contributed by atoms with Gasteiger partial charge >= 0.3 is 0 Å². The molecule has 0 N–H and O–H groups in total. The van der Waals surface area contributed by atoms with Crippen molar-refractivity contribution in [1.82, 2.24) is 0 Å². The fourth-order valence-electron chi connectivity index (χ4n) is 1.86. The highest BCUT2D eigenvalue weighted by Crippen LogP contribution is 2.32. The van der Waals surface area contributed by atoms with E-state index in [1.54, 1.807) is 7.11 Å². The van der Waals surface area contributed by atoms with E-state index in [2.05, 4.69) is 13.8 Å². The van der Waals surface area contributed by atoms with Crippen LogP contribution in [-0.2, 0) is 4.74 Å². The summed E-state index contributed by atoms with van der Waals surface area (Å²) in [6, 6.07) is 0. The van der Waals surface area contributed by atoms with Crippen molar-refractivity contribution in [3.8, 4) is 0 Å². The van der Waals surface area contributed by atoms with E-state index in [4.69, 9.17) is 4.74 Å². The predicted octanol–water partition coefficient (Wildman–Crippen LogP) is 2.41. The van der Waals surface area contributed by atoms with Crippen LogP contribution in [0.15, 0.2) is 0 Å². The molecule has 0 spiro atoms. The third-order valence-electron chi connectivity index (χ3n) is 2.94. The lowest BCUT2D eigenvalue weighted by molar-refractivity contribution is -0.0473. The molecule has 1 aliphatic rings. The topological polar surface area (TPSA) is 9.23 Å². The van der Waals surface area contributed by atoms with Gasteiger partial charge in [-0.2, -0.15) is 0 Å². The Morgan fingerprint density at radius 3 is 2.36 bits per heavy atom. The zero-order chi connectivity index (χ0) is 8.43. The molecule has 2 heteroatoms. The minimum absolute atomic E-state index is 0.168. The molecule has 0 radical (unpaired) electrons. The van der Waals surface area contributed by atoms with Crippen molar-refractivity contribution in [2.75, 3.05) is 7.11 Å². The molecule has 1 saturated carbocycles. The average molecular weight is 160 g/mol. The third kappa shape index (κ3) is 1.73. The molecule has 0 amide bonds. The number of rotatable bonds is 1. The lowest BCUT2D eigenvalue weighted by Crippen LogP contribution is -2.39. The Morgan fingerprint density at radius 1 is 1.27 bits per heavy atom. The molecule has 0 aromatic carbocycles. The normalized spacial score (nSPS) is 45.8. The van der Waals surface area contributed by atoms with Crippen LogP contribution in [0.25, 0.3) is 0 Å². The number of hydrogen-bond acceptors (Lipinski definition) is 1. The van der Waals surface area contributed by atoms with Gasteiger partial charge in [-0.1, -0.05) is 13.8 Å². The zero-order valence-electron chi connectivity index (χ0n) is 7.51. The van der Waals surface area contributed by atoms with Crippen molar-refractivity contribution in [2.45, 2.75) is 39.0 Å². The Morgan fingerprint density at radius 2 is 1.91 bits per heavy atom. The molecule has 66 valence electrons. The average Bonchev–Trinajstić information content (AvgIpc) is 1.99. The third-order valence-corrected chi connectivity index (χ3v) is 2.94.